The van der Waals surface area contributed by atoms with Crippen molar-refractivity contribution < 1.29 is 105 Å². The van der Waals surface area contributed by atoms with Gasteiger partial charge in [-0.3, -0.25) is 38.4 Å². The Morgan fingerprint density at radius 2 is 0.520 bits per heavy atom. The largest absolute Gasteiger partial charge is 0.461 e. The van der Waals surface area contributed by atoms with Crippen LogP contribution in [0.5, 0.6) is 0 Å². The Kier molecular flexibility index (Phi) is 54.4. The molecule has 2 unspecified atom stereocenters. The Labute approximate surface area is 581 Å². The number of hydrogen-bond donors (Lipinski definition) is 2. The van der Waals surface area contributed by atoms with Gasteiger partial charge in [0, 0.05) is 25.9 Å². The van der Waals surface area contributed by atoms with E-state index in [0.29, 0.717) is 51.6 Å². The molecule has 0 aliphatic heterocycles. The first-order chi connectivity index (χ1) is 47.2. The van der Waals surface area contributed by atoms with Gasteiger partial charge in [0.2, 0.25) is 11.8 Å². The van der Waals surface area contributed by atoms with Crippen LogP contribution in [0.2, 0.25) is 0 Å². The summed E-state index contributed by atoms with van der Waals surface area (Å²) in [6.07, 6.45) is 26.1. The molecule has 554 valence electrons. The van der Waals surface area contributed by atoms with Gasteiger partial charge in [-0.05, 0) is 64.2 Å². The average Bonchev–Trinajstić information content (AvgIpc) is 0.833. The monoisotopic (exact) mass is 1380 g/mol. The van der Waals surface area contributed by atoms with Gasteiger partial charge in [-0.1, -0.05) is 205 Å². The maximum Gasteiger partial charge on any atom is 0.418 e. The highest BCUT2D eigenvalue weighted by Gasteiger charge is 2.46. The van der Waals surface area contributed by atoms with Gasteiger partial charge in [-0.25, -0.2) is 19.2 Å². The molecule has 0 aromatic heterocycles. The lowest BCUT2D eigenvalue weighted by Crippen LogP contribution is -2.45. The third kappa shape index (κ3) is 48.7. The first-order valence-corrected chi connectivity index (χ1v) is 35.2. The van der Waals surface area contributed by atoms with Crippen molar-refractivity contribution in [3.63, 3.8) is 0 Å². The molecule has 0 aliphatic rings. The van der Waals surface area contributed by atoms with Crippen LogP contribution in [-0.2, 0) is 105 Å². The second kappa shape index (κ2) is 59.2. The molecule has 2 amide bonds. The van der Waals surface area contributed by atoms with E-state index in [9.17, 15) is 57.5 Å². The molecule has 24 nitrogen and oxygen atoms in total. The molecule has 0 aromatic rings. The maximum absolute atomic E-state index is 13.4. The molecule has 2 atom stereocenters. The van der Waals surface area contributed by atoms with Gasteiger partial charge in [0.15, 0.2) is 0 Å². The first kappa shape index (κ1) is 90.1. The molecule has 2 N–H and O–H groups in total. The van der Waals surface area contributed by atoms with E-state index in [1.54, 1.807) is 0 Å². The summed E-state index contributed by atoms with van der Waals surface area (Å²) >= 11 is 0. The topological polar surface area (TPSA) is 321 Å². The van der Waals surface area contributed by atoms with Crippen LogP contribution >= 0.6 is 0 Å². The normalized spacial score (nSPS) is 11.6. The SMILES string of the molecule is C=CCOC(=O)CC(CC(=O)OCC=C)(CC(=O)OCC=C)OC(=O)C(=O)OC(CCCCCC)CCCCCCCCCCC(=O)NCCNC(=O)CCCCCCCCCCC(CCCCCC)OC(=O)C(=O)OC(CC(=O)OCC=C)(CC(=O)OCC=C)CC(=O)OCC=C. The molecule has 0 fully saturated rings. The quantitative estimate of drug-likeness (QED) is 0.0188. The van der Waals surface area contributed by atoms with Gasteiger partial charge >= 0.3 is 59.7 Å². The van der Waals surface area contributed by atoms with Crippen molar-refractivity contribution in [2.75, 3.05) is 52.7 Å². The lowest BCUT2D eigenvalue weighted by atomic mass is 9.91. The molecule has 0 radical (unpaired) electrons. The van der Waals surface area contributed by atoms with Crippen LogP contribution in [0.15, 0.2) is 75.9 Å². The lowest BCUT2D eigenvalue weighted by molar-refractivity contribution is -0.189. The fourth-order valence-electron chi connectivity index (χ4n) is 10.4. The number of carbonyl (C=O) groups is 12. The number of amides is 2. The minimum Gasteiger partial charge on any atom is -0.461 e. The Bertz CT molecular complexity index is 2140. The summed E-state index contributed by atoms with van der Waals surface area (Å²) in [5.74, 6) is -11.4. The minimum absolute atomic E-state index is 0.0674. The van der Waals surface area contributed by atoms with Gasteiger partial charge in [0.1, 0.15) is 63.1 Å². The highest BCUT2D eigenvalue weighted by molar-refractivity contribution is 6.30. The van der Waals surface area contributed by atoms with Crippen LogP contribution in [0.3, 0.4) is 0 Å². The van der Waals surface area contributed by atoms with E-state index in [2.05, 4.69) is 64.0 Å². The van der Waals surface area contributed by atoms with Crippen molar-refractivity contribution in [2.45, 2.75) is 268 Å². The van der Waals surface area contributed by atoms with Crippen molar-refractivity contribution in [3.8, 4) is 0 Å². The summed E-state index contributed by atoms with van der Waals surface area (Å²) < 4.78 is 52.9. The molecule has 0 heterocycles. The summed E-state index contributed by atoms with van der Waals surface area (Å²) in [7, 11) is 0. The van der Waals surface area contributed by atoms with Crippen LogP contribution in [-0.4, -0.2) is 148 Å². The number of nitrogens with one attached hydrogen (secondary N) is 2. The Morgan fingerprint density at radius 3 is 0.745 bits per heavy atom. The van der Waals surface area contributed by atoms with E-state index < -0.39 is 122 Å². The number of rotatable bonds is 63. The fourth-order valence-corrected chi connectivity index (χ4v) is 10.4. The molecule has 0 rings (SSSR count). The third-order valence-corrected chi connectivity index (χ3v) is 15.4. The van der Waals surface area contributed by atoms with Crippen LogP contribution < -0.4 is 10.6 Å². The zero-order valence-corrected chi connectivity index (χ0v) is 59.0. The average molecular weight is 1390 g/mol. The second-order valence-electron chi connectivity index (χ2n) is 24.2. The van der Waals surface area contributed by atoms with Crippen LogP contribution in [0, 0.1) is 0 Å². The standard InChI is InChI=1S/C74H116N2O22/c1-9-17-19-33-39-59(95-69(85)71(87)97-73(53-63(79)89-47-11-3,54-64(80)90-48-12-4)55-65(81)91-49-13-5)41-35-29-25-21-23-27-31-37-43-61(77)75-45-46-76-62(78)44-38-32-28-24-22-26-30-36-42-60(40-34-20-18-10-2)96-70(86)72(88)98-74(56-66(82)92-50-14-6,57-67(83)93-51-15-7)58-68(84)94-52-16-8/h11-16,59-60H,3-10,17-58H2,1-2H3,(H,75,77)(H,76,78). The molecule has 98 heavy (non-hydrogen) atoms. The van der Waals surface area contributed by atoms with E-state index in [-0.39, 0.29) is 51.5 Å². The molecule has 0 saturated heterocycles. The highest BCUT2D eigenvalue weighted by Crippen LogP contribution is 2.31. The molecule has 0 spiro atoms. The number of unbranched alkanes of at least 4 members (excludes halogenated alkanes) is 20. The molecule has 0 aromatic carbocycles. The third-order valence-electron chi connectivity index (χ3n) is 15.4. The molecule has 24 heteroatoms. The zero-order chi connectivity index (χ0) is 72.9. The number of ether oxygens (including phenoxy) is 10. The van der Waals surface area contributed by atoms with Gasteiger partial charge in [-0.15, -0.1) is 0 Å². The van der Waals surface area contributed by atoms with Crippen LogP contribution in [0.4, 0.5) is 0 Å². The highest BCUT2D eigenvalue weighted by atomic mass is 16.6. The lowest BCUT2D eigenvalue weighted by Gasteiger charge is -2.31. The fraction of sp³-hybridized carbons (Fsp3) is 0.676. The van der Waals surface area contributed by atoms with E-state index >= 15 is 0 Å². The van der Waals surface area contributed by atoms with E-state index in [1.807, 2.05) is 0 Å². The predicted octanol–water partition coefficient (Wildman–Crippen LogP) is 12.1. The van der Waals surface area contributed by atoms with Crippen molar-refractivity contribution in [1.82, 2.24) is 10.6 Å². The van der Waals surface area contributed by atoms with E-state index in [1.165, 1.54) is 36.5 Å². The smallest absolute Gasteiger partial charge is 0.418 e. The summed E-state index contributed by atoms with van der Waals surface area (Å²) in [4.78, 5) is 156. The van der Waals surface area contributed by atoms with Gasteiger partial charge in [-0.2, -0.15) is 0 Å². The number of hydrogen-bond acceptors (Lipinski definition) is 22. The molecule has 0 aliphatic carbocycles. The predicted molar refractivity (Wildman–Crippen MR) is 368 cm³/mol. The van der Waals surface area contributed by atoms with E-state index in [0.717, 1.165) is 154 Å². The van der Waals surface area contributed by atoms with Gasteiger partial charge < -0.3 is 58.0 Å². The summed E-state index contributed by atoms with van der Waals surface area (Å²) in [5, 5.41) is 5.75. The molecular formula is C74H116N2O22. The zero-order valence-electron chi connectivity index (χ0n) is 59.0. The second-order valence-corrected chi connectivity index (χ2v) is 24.2. The van der Waals surface area contributed by atoms with Crippen molar-refractivity contribution in [1.29, 1.82) is 0 Å². The van der Waals surface area contributed by atoms with Crippen LogP contribution in [0.1, 0.15) is 245 Å². The first-order valence-electron chi connectivity index (χ1n) is 35.2. The van der Waals surface area contributed by atoms with Crippen LogP contribution in [0.25, 0.3) is 0 Å². The summed E-state index contributed by atoms with van der Waals surface area (Å²) in [5.41, 5.74) is -4.43. The van der Waals surface area contributed by atoms with Gasteiger partial charge in [0.05, 0.1) is 38.5 Å². The van der Waals surface area contributed by atoms with Gasteiger partial charge in [0.25, 0.3) is 0 Å². The van der Waals surface area contributed by atoms with Crippen molar-refractivity contribution >= 4 is 71.5 Å². The summed E-state index contributed by atoms with van der Waals surface area (Å²) in [6, 6.07) is 0. The minimum atomic E-state index is -2.21. The Hall–Kier alpha value is -7.92. The molecular weight excluding hydrogens is 1270 g/mol. The van der Waals surface area contributed by atoms with Crippen molar-refractivity contribution in [2.24, 2.45) is 0 Å². The molecule has 0 bridgehead atoms. The number of esters is 10. The molecule has 0 saturated carbocycles. The van der Waals surface area contributed by atoms with Crippen molar-refractivity contribution in [3.05, 3.63) is 75.9 Å². The number of carbonyl (C=O) groups excluding carboxylic acids is 12. The van der Waals surface area contributed by atoms with E-state index in [4.69, 9.17) is 47.4 Å². The maximum atomic E-state index is 13.4. The Morgan fingerprint density at radius 1 is 0.306 bits per heavy atom. The Balaban J connectivity index is 4.86. The summed E-state index contributed by atoms with van der Waals surface area (Å²) in [6.45, 7) is 24.6.